The number of amides is 2. The Kier molecular flexibility index (Phi) is 6.71. The molecule has 2 aromatic carbocycles. The first-order valence-corrected chi connectivity index (χ1v) is 12.4. The van der Waals surface area contributed by atoms with Crippen molar-refractivity contribution in [1.29, 1.82) is 0 Å². The number of likely N-dealkylation sites (tertiary alicyclic amines) is 1. The number of ether oxygens (including phenoxy) is 3. The quantitative estimate of drug-likeness (QED) is 0.500. The third-order valence-corrected chi connectivity index (χ3v) is 7.21. The molecule has 5 rings (SSSR count). The zero-order valence-corrected chi connectivity index (χ0v) is 20.6. The zero-order chi connectivity index (χ0) is 25.1. The average molecular weight is 494 g/mol. The molecule has 1 aliphatic carbocycles. The third-order valence-electron chi connectivity index (χ3n) is 7.21. The van der Waals surface area contributed by atoms with Crippen molar-refractivity contribution in [3.05, 3.63) is 53.9 Å². The smallest absolute Gasteiger partial charge is 0.413 e. The number of nitrogens with zero attached hydrogens (tertiary/aromatic N) is 2. The van der Waals surface area contributed by atoms with E-state index in [1.54, 1.807) is 4.90 Å². The van der Waals surface area contributed by atoms with Crippen LogP contribution >= 0.6 is 0 Å². The van der Waals surface area contributed by atoms with Crippen molar-refractivity contribution in [1.82, 2.24) is 15.4 Å². The molecule has 9 nitrogen and oxygen atoms in total. The fourth-order valence-corrected chi connectivity index (χ4v) is 5.05. The molecule has 2 fully saturated rings. The predicted molar refractivity (Wildman–Crippen MR) is 132 cm³/mol. The summed E-state index contributed by atoms with van der Waals surface area (Å²) in [5.41, 5.74) is 0.367. The molecular weight excluding hydrogens is 462 g/mol. The Morgan fingerprint density at radius 1 is 1.11 bits per heavy atom. The van der Waals surface area contributed by atoms with Crippen LogP contribution in [0.5, 0.6) is 11.5 Å². The number of rotatable bonds is 7. The van der Waals surface area contributed by atoms with Crippen molar-refractivity contribution in [2.24, 2.45) is 5.41 Å². The van der Waals surface area contributed by atoms with E-state index < -0.39 is 12.3 Å². The minimum atomic E-state index is -0.480. The minimum Gasteiger partial charge on any atom is -0.494 e. The standard InChI is InChI=1S/C27H31N3O6/c1-3-33-20-7-5-18-6-8-21(14-19(18)13-20)35-24-16-27(9-4-10-27)11-12-30(24)26(32)34-17-22-15-23(29-36-22)25(31)28-2/h5-8,13-15,24H,3-4,9-12,16-17H2,1-2H3,(H,28,31). The lowest BCUT2D eigenvalue weighted by Gasteiger charge is -2.50. The van der Waals surface area contributed by atoms with E-state index in [0.717, 1.165) is 42.2 Å². The Morgan fingerprint density at radius 2 is 1.89 bits per heavy atom. The molecule has 2 heterocycles. The Hall–Kier alpha value is -3.75. The van der Waals surface area contributed by atoms with E-state index in [9.17, 15) is 9.59 Å². The molecule has 9 heteroatoms. The van der Waals surface area contributed by atoms with Gasteiger partial charge in [-0.25, -0.2) is 4.79 Å². The molecule has 0 bridgehead atoms. The van der Waals surface area contributed by atoms with Gasteiger partial charge in [0.15, 0.2) is 24.3 Å². The molecule has 2 aliphatic rings. The summed E-state index contributed by atoms with van der Waals surface area (Å²) in [6.07, 6.45) is 4.31. The van der Waals surface area contributed by atoms with Gasteiger partial charge in [0.05, 0.1) is 6.61 Å². The van der Waals surface area contributed by atoms with Crippen molar-refractivity contribution in [2.45, 2.75) is 51.9 Å². The van der Waals surface area contributed by atoms with E-state index in [1.165, 1.54) is 19.5 Å². The molecule has 1 saturated carbocycles. The number of benzene rings is 2. The van der Waals surface area contributed by atoms with Gasteiger partial charge in [0, 0.05) is 26.1 Å². The SMILES string of the molecule is CCOc1ccc2ccc(OC3CC4(CCC4)CCN3C(=O)OCc3cc(C(=O)NC)no3)cc2c1. The maximum Gasteiger partial charge on any atom is 0.413 e. The van der Waals surface area contributed by atoms with Gasteiger partial charge in [-0.1, -0.05) is 23.7 Å². The molecule has 1 saturated heterocycles. The van der Waals surface area contributed by atoms with Crippen LogP contribution in [-0.4, -0.2) is 48.5 Å². The van der Waals surface area contributed by atoms with Gasteiger partial charge in [-0.15, -0.1) is 0 Å². The summed E-state index contributed by atoms with van der Waals surface area (Å²) >= 11 is 0. The average Bonchev–Trinajstić information content (AvgIpc) is 3.35. The van der Waals surface area contributed by atoms with Crippen LogP contribution in [0, 0.1) is 5.41 Å². The third kappa shape index (κ3) is 4.96. The van der Waals surface area contributed by atoms with Gasteiger partial charge < -0.3 is 24.1 Å². The van der Waals surface area contributed by atoms with Gasteiger partial charge in [-0.05, 0) is 66.6 Å². The van der Waals surface area contributed by atoms with Crippen molar-refractivity contribution in [2.75, 3.05) is 20.2 Å². The highest BCUT2D eigenvalue weighted by Crippen LogP contribution is 2.51. The molecular formula is C27H31N3O6. The molecule has 0 radical (unpaired) electrons. The summed E-state index contributed by atoms with van der Waals surface area (Å²) in [5, 5.41) is 8.28. The fourth-order valence-electron chi connectivity index (χ4n) is 5.05. The van der Waals surface area contributed by atoms with Crippen LogP contribution in [0.2, 0.25) is 0 Å². The summed E-state index contributed by atoms with van der Waals surface area (Å²) < 4.78 is 22.7. The molecule has 1 N–H and O–H groups in total. The van der Waals surface area contributed by atoms with E-state index in [-0.39, 0.29) is 23.6 Å². The second-order valence-corrected chi connectivity index (χ2v) is 9.49. The van der Waals surface area contributed by atoms with Gasteiger partial charge in [-0.2, -0.15) is 0 Å². The Balaban J connectivity index is 1.30. The number of fused-ring (bicyclic) bond motifs is 1. The van der Waals surface area contributed by atoms with Gasteiger partial charge >= 0.3 is 6.09 Å². The summed E-state index contributed by atoms with van der Waals surface area (Å²) in [7, 11) is 1.51. The lowest BCUT2D eigenvalue weighted by atomic mass is 9.63. The summed E-state index contributed by atoms with van der Waals surface area (Å²) in [5.74, 6) is 1.44. The molecule has 190 valence electrons. The molecule has 1 aliphatic heterocycles. The van der Waals surface area contributed by atoms with Crippen LogP contribution in [0.25, 0.3) is 10.8 Å². The normalized spacial score (nSPS) is 18.5. The second-order valence-electron chi connectivity index (χ2n) is 9.49. The highest BCUT2D eigenvalue weighted by Gasteiger charge is 2.46. The Bertz CT molecular complexity index is 1250. The van der Waals surface area contributed by atoms with Crippen molar-refractivity contribution in [3.63, 3.8) is 0 Å². The van der Waals surface area contributed by atoms with Crippen LogP contribution in [-0.2, 0) is 11.3 Å². The Morgan fingerprint density at radius 3 is 2.61 bits per heavy atom. The number of piperidine rings is 1. The van der Waals surface area contributed by atoms with Crippen molar-refractivity contribution < 1.29 is 28.3 Å². The minimum absolute atomic E-state index is 0.118. The number of hydrogen-bond donors (Lipinski definition) is 1. The van der Waals surface area contributed by atoms with Crippen LogP contribution in [0.1, 0.15) is 55.3 Å². The van der Waals surface area contributed by atoms with Crippen LogP contribution in [0.4, 0.5) is 4.79 Å². The number of nitrogens with one attached hydrogen (secondary N) is 1. The Labute approximate surface area is 209 Å². The highest BCUT2D eigenvalue weighted by molar-refractivity contribution is 5.91. The van der Waals surface area contributed by atoms with Crippen LogP contribution in [0.3, 0.4) is 0 Å². The van der Waals surface area contributed by atoms with Gasteiger partial charge in [0.2, 0.25) is 0 Å². The molecule has 1 aromatic heterocycles. The fraction of sp³-hybridized carbons (Fsp3) is 0.444. The first-order chi connectivity index (χ1) is 17.5. The zero-order valence-electron chi connectivity index (χ0n) is 20.6. The molecule has 3 aromatic rings. The second kappa shape index (κ2) is 10.1. The largest absolute Gasteiger partial charge is 0.494 e. The van der Waals surface area contributed by atoms with Crippen molar-refractivity contribution in [3.8, 4) is 11.5 Å². The summed E-state index contributed by atoms with van der Waals surface area (Å²) in [4.78, 5) is 26.4. The maximum absolute atomic E-state index is 13.1. The van der Waals surface area contributed by atoms with E-state index in [2.05, 4.69) is 10.5 Å². The summed E-state index contributed by atoms with van der Waals surface area (Å²) in [6.45, 7) is 3.00. The first-order valence-electron chi connectivity index (χ1n) is 12.4. The molecule has 2 amide bonds. The first kappa shape index (κ1) is 24.0. The predicted octanol–water partition coefficient (Wildman–Crippen LogP) is 4.89. The van der Waals surface area contributed by atoms with E-state index in [1.807, 2.05) is 43.3 Å². The topological polar surface area (TPSA) is 103 Å². The number of carbonyl (C=O) groups excluding carboxylic acids is 2. The van der Waals surface area contributed by atoms with E-state index >= 15 is 0 Å². The molecule has 1 unspecified atom stereocenters. The number of hydrogen-bond acceptors (Lipinski definition) is 7. The lowest BCUT2D eigenvalue weighted by Crippen LogP contribution is -2.54. The monoisotopic (exact) mass is 493 g/mol. The van der Waals surface area contributed by atoms with Gasteiger partial charge in [0.1, 0.15) is 11.5 Å². The van der Waals surface area contributed by atoms with Crippen LogP contribution in [0.15, 0.2) is 47.0 Å². The van der Waals surface area contributed by atoms with Gasteiger partial charge in [-0.3, -0.25) is 9.69 Å². The molecule has 1 spiro atoms. The maximum atomic E-state index is 13.1. The molecule has 1 atom stereocenters. The number of aromatic nitrogens is 1. The lowest BCUT2D eigenvalue weighted by molar-refractivity contribution is -0.0772. The highest BCUT2D eigenvalue weighted by atomic mass is 16.6. The van der Waals surface area contributed by atoms with Gasteiger partial charge in [0.25, 0.3) is 5.91 Å². The number of carbonyl (C=O) groups is 2. The summed E-state index contributed by atoms with van der Waals surface area (Å²) in [6, 6.07) is 13.4. The molecule has 36 heavy (non-hydrogen) atoms. The van der Waals surface area contributed by atoms with Crippen molar-refractivity contribution >= 4 is 22.8 Å². The van der Waals surface area contributed by atoms with E-state index in [4.69, 9.17) is 18.7 Å². The van der Waals surface area contributed by atoms with Crippen LogP contribution < -0.4 is 14.8 Å². The van der Waals surface area contributed by atoms with E-state index in [0.29, 0.717) is 24.7 Å².